The first-order valence-electron chi connectivity index (χ1n) is 5.60. The van der Waals surface area contributed by atoms with Gasteiger partial charge in [-0.05, 0) is 43.5 Å². The minimum absolute atomic E-state index is 0.254. The third kappa shape index (κ3) is 2.72. The predicted octanol–water partition coefficient (Wildman–Crippen LogP) is 2.26. The largest absolute Gasteiger partial charge is 0.369 e. The first-order chi connectivity index (χ1) is 7.75. The zero-order valence-electron chi connectivity index (χ0n) is 9.19. The normalized spacial score (nSPS) is 17.6. The summed E-state index contributed by atoms with van der Waals surface area (Å²) in [6, 6.07) is 6.04. The summed E-state index contributed by atoms with van der Waals surface area (Å²) in [5.74, 6) is 0.279. The van der Waals surface area contributed by atoms with Crippen molar-refractivity contribution >= 4 is 11.6 Å². The smallest absolute Gasteiger partial charge is 0.196 e. The van der Waals surface area contributed by atoms with Crippen LogP contribution in [0, 0.1) is 5.82 Å². The molecule has 4 heteroatoms. The second-order valence-corrected chi connectivity index (χ2v) is 3.99. The van der Waals surface area contributed by atoms with Gasteiger partial charge in [-0.15, -0.1) is 0 Å². The van der Waals surface area contributed by atoms with E-state index in [4.69, 9.17) is 5.73 Å². The summed E-state index contributed by atoms with van der Waals surface area (Å²) >= 11 is 0. The van der Waals surface area contributed by atoms with E-state index in [0.717, 1.165) is 13.1 Å². The predicted molar refractivity (Wildman–Crippen MR) is 63.1 cm³/mol. The standard InChI is InChI=1S/C12H16FN3/c13-10-4-6-11(7-5-10)15-12(14)16-8-2-1-3-9-16/h4-7H,1-3,8-9H2,(H2,14,15). The van der Waals surface area contributed by atoms with E-state index in [2.05, 4.69) is 9.89 Å². The fraction of sp³-hybridized carbons (Fsp3) is 0.417. The van der Waals surface area contributed by atoms with Crippen molar-refractivity contribution < 1.29 is 4.39 Å². The first kappa shape index (κ1) is 10.9. The topological polar surface area (TPSA) is 41.6 Å². The molecule has 2 N–H and O–H groups in total. The van der Waals surface area contributed by atoms with Crippen molar-refractivity contribution in [1.29, 1.82) is 0 Å². The van der Waals surface area contributed by atoms with Crippen LogP contribution in [-0.2, 0) is 0 Å². The van der Waals surface area contributed by atoms with Gasteiger partial charge in [0.2, 0.25) is 0 Å². The second-order valence-electron chi connectivity index (χ2n) is 3.99. The minimum atomic E-state index is -0.254. The van der Waals surface area contributed by atoms with E-state index in [1.807, 2.05) is 0 Å². The fourth-order valence-electron chi connectivity index (χ4n) is 1.84. The van der Waals surface area contributed by atoms with Gasteiger partial charge in [-0.2, -0.15) is 0 Å². The number of nitrogens with two attached hydrogens (primary N) is 1. The number of nitrogens with zero attached hydrogens (tertiary/aromatic N) is 2. The SMILES string of the molecule is NC(=Nc1ccc(F)cc1)N1CCCCC1. The molecule has 3 nitrogen and oxygen atoms in total. The monoisotopic (exact) mass is 221 g/mol. The quantitative estimate of drug-likeness (QED) is 0.583. The van der Waals surface area contributed by atoms with E-state index in [-0.39, 0.29) is 5.82 Å². The molecule has 0 amide bonds. The molecule has 0 aliphatic carbocycles. The lowest BCUT2D eigenvalue weighted by molar-refractivity contribution is 0.339. The number of rotatable bonds is 1. The summed E-state index contributed by atoms with van der Waals surface area (Å²) in [5.41, 5.74) is 6.60. The molecule has 2 rings (SSSR count). The second kappa shape index (κ2) is 4.96. The zero-order valence-corrected chi connectivity index (χ0v) is 9.19. The highest BCUT2D eigenvalue weighted by atomic mass is 19.1. The lowest BCUT2D eigenvalue weighted by atomic mass is 10.1. The molecule has 1 heterocycles. The summed E-state index contributed by atoms with van der Waals surface area (Å²) in [6.07, 6.45) is 3.60. The van der Waals surface area contributed by atoms with Crippen molar-refractivity contribution in [2.75, 3.05) is 13.1 Å². The number of halogens is 1. The van der Waals surface area contributed by atoms with Crippen molar-refractivity contribution in [3.05, 3.63) is 30.1 Å². The van der Waals surface area contributed by atoms with Gasteiger partial charge in [0.25, 0.3) is 0 Å². The minimum Gasteiger partial charge on any atom is -0.369 e. The van der Waals surface area contributed by atoms with Crippen LogP contribution in [0.3, 0.4) is 0 Å². The Morgan fingerprint density at radius 1 is 1.12 bits per heavy atom. The molecular weight excluding hydrogens is 205 g/mol. The van der Waals surface area contributed by atoms with E-state index < -0.39 is 0 Å². The van der Waals surface area contributed by atoms with Crippen LogP contribution in [0.5, 0.6) is 0 Å². The van der Waals surface area contributed by atoms with Crippen molar-refractivity contribution in [3.8, 4) is 0 Å². The summed E-state index contributed by atoms with van der Waals surface area (Å²) in [7, 11) is 0. The third-order valence-electron chi connectivity index (χ3n) is 2.75. The molecular formula is C12H16FN3. The maximum Gasteiger partial charge on any atom is 0.196 e. The third-order valence-corrected chi connectivity index (χ3v) is 2.75. The molecule has 86 valence electrons. The van der Waals surface area contributed by atoms with Crippen molar-refractivity contribution in [1.82, 2.24) is 4.90 Å². The van der Waals surface area contributed by atoms with Gasteiger partial charge in [-0.25, -0.2) is 9.38 Å². The number of likely N-dealkylation sites (tertiary alicyclic amines) is 1. The van der Waals surface area contributed by atoms with Gasteiger partial charge in [0.05, 0.1) is 5.69 Å². The highest BCUT2D eigenvalue weighted by molar-refractivity contribution is 5.81. The molecule has 16 heavy (non-hydrogen) atoms. The van der Waals surface area contributed by atoms with Crippen LogP contribution >= 0.6 is 0 Å². The van der Waals surface area contributed by atoms with Gasteiger partial charge in [0.15, 0.2) is 5.96 Å². The molecule has 1 aromatic rings. The Kier molecular flexibility index (Phi) is 3.39. The Morgan fingerprint density at radius 3 is 2.38 bits per heavy atom. The van der Waals surface area contributed by atoms with Crippen LogP contribution in [0.4, 0.5) is 10.1 Å². The van der Waals surface area contributed by atoms with Crippen LogP contribution < -0.4 is 5.73 Å². The lowest BCUT2D eigenvalue weighted by Gasteiger charge is -2.27. The highest BCUT2D eigenvalue weighted by Gasteiger charge is 2.11. The highest BCUT2D eigenvalue weighted by Crippen LogP contribution is 2.14. The molecule has 0 atom stereocenters. The van der Waals surface area contributed by atoms with Gasteiger partial charge < -0.3 is 10.6 Å². The average Bonchev–Trinajstić information content (AvgIpc) is 2.33. The van der Waals surface area contributed by atoms with Gasteiger partial charge in [-0.1, -0.05) is 0 Å². The lowest BCUT2D eigenvalue weighted by Crippen LogP contribution is -2.40. The molecule has 1 aliphatic rings. The molecule has 0 bridgehead atoms. The number of benzene rings is 1. The van der Waals surface area contributed by atoms with Crippen LogP contribution in [0.25, 0.3) is 0 Å². The Balaban J connectivity index is 2.07. The molecule has 0 saturated carbocycles. The summed E-state index contributed by atoms with van der Waals surface area (Å²) in [5, 5.41) is 0. The molecule has 1 aromatic carbocycles. The van der Waals surface area contributed by atoms with Crippen LogP contribution in [-0.4, -0.2) is 23.9 Å². The number of aliphatic imine (C=N–C) groups is 1. The molecule has 0 spiro atoms. The van der Waals surface area contributed by atoms with Crippen LogP contribution in [0.1, 0.15) is 19.3 Å². The van der Waals surface area contributed by atoms with Crippen molar-refractivity contribution in [2.24, 2.45) is 10.7 Å². The Hall–Kier alpha value is -1.58. The van der Waals surface area contributed by atoms with Crippen molar-refractivity contribution in [2.45, 2.75) is 19.3 Å². The van der Waals surface area contributed by atoms with E-state index in [0.29, 0.717) is 11.6 Å². The molecule has 0 aromatic heterocycles. The first-order valence-corrected chi connectivity index (χ1v) is 5.60. The molecule has 0 radical (unpaired) electrons. The van der Waals surface area contributed by atoms with Gasteiger partial charge in [-0.3, -0.25) is 0 Å². The van der Waals surface area contributed by atoms with Crippen LogP contribution in [0.15, 0.2) is 29.3 Å². The molecule has 1 saturated heterocycles. The maximum atomic E-state index is 12.7. The summed E-state index contributed by atoms with van der Waals surface area (Å²) in [4.78, 5) is 6.35. The fourth-order valence-corrected chi connectivity index (χ4v) is 1.84. The van der Waals surface area contributed by atoms with Gasteiger partial charge in [0.1, 0.15) is 5.82 Å². The number of hydrogen-bond donors (Lipinski definition) is 1. The van der Waals surface area contributed by atoms with Gasteiger partial charge >= 0.3 is 0 Å². The molecule has 1 fully saturated rings. The van der Waals surface area contributed by atoms with E-state index in [9.17, 15) is 4.39 Å². The van der Waals surface area contributed by atoms with Crippen molar-refractivity contribution in [3.63, 3.8) is 0 Å². The zero-order chi connectivity index (χ0) is 11.4. The number of hydrogen-bond acceptors (Lipinski definition) is 1. The molecule has 0 unspecified atom stereocenters. The van der Waals surface area contributed by atoms with E-state index in [1.165, 1.54) is 31.4 Å². The number of piperidine rings is 1. The Morgan fingerprint density at radius 2 is 1.75 bits per heavy atom. The molecule has 1 aliphatic heterocycles. The summed E-state index contributed by atoms with van der Waals surface area (Å²) < 4.78 is 12.7. The average molecular weight is 221 g/mol. The summed E-state index contributed by atoms with van der Waals surface area (Å²) in [6.45, 7) is 1.94. The Bertz CT molecular complexity index is 366. The number of guanidine groups is 1. The van der Waals surface area contributed by atoms with E-state index >= 15 is 0 Å². The van der Waals surface area contributed by atoms with Gasteiger partial charge in [0, 0.05) is 13.1 Å². The van der Waals surface area contributed by atoms with Crippen LogP contribution in [0.2, 0.25) is 0 Å². The van der Waals surface area contributed by atoms with E-state index in [1.54, 1.807) is 12.1 Å². The Labute approximate surface area is 94.8 Å². The maximum absolute atomic E-state index is 12.7.